The monoisotopic (exact) mass is 210 g/mol. The Morgan fingerprint density at radius 2 is 2.46 bits per heavy atom. The Balaban J connectivity index is 2.23. The summed E-state index contributed by atoms with van der Waals surface area (Å²) >= 11 is 3.47. The van der Waals surface area contributed by atoms with Crippen molar-refractivity contribution in [1.82, 2.24) is 10.3 Å². The second-order valence-corrected chi connectivity index (χ2v) is 4.56. The first-order valence-corrected chi connectivity index (χ1v) is 5.78. The van der Waals surface area contributed by atoms with Crippen LogP contribution in [0.4, 0.5) is 0 Å². The second-order valence-electron chi connectivity index (χ2n) is 2.66. The van der Waals surface area contributed by atoms with Gasteiger partial charge in [0, 0.05) is 18.3 Å². The van der Waals surface area contributed by atoms with E-state index in [-0.39, 0.29) is 0 Å². The van der Waals surface area contributed by atoms with Crippen molar-refractivity contribution in [1.29, 1.82) is 0 Å². The molecule has 0 radical (unpaired) electrons. The van der Waals surface area contributed by atoms with Crippen LogP contribution >= 0.6 is 22.7 Å². The first kappa shape index (κ1) is 8.87. The van der Waals surface area contributed by atoms with Gasteiger partial charge in [-0.2, -0.15) is 11.3 Å². The van der Waals surface area contributed by atoms with Crippen LogP contribution in [0.15, 0.2) is 23.0 Å². The summed E-state index contributed by atoms with van der Waals surface area (Å²) in [6, 6.07) is 2.13. The molecule has 13 heavy (non-hydrogen) atoms. The van der Waals surface area contributed by atoms with Gasteiger partial charge in [0.2, 0.25) is 0 Å². The number of hydrogen-bond donors (Lipinski definition) is 1. The van der Waals surface area contributed by atoms with Gasteiger partial charge in [-0.15, -0.1) is 11.3 Å². The molecule has 2 aromatic heterocycles. The highest BCUT2D eigenvalue weighted by Gasteiger charge is 2.03. The van der Waals surface area contributed by atoms with E-state index in [4.69, 9.17) is 0 Å². The fourth-order valence-electron chi connectivity index (χ4n) is 1.08. The minimum atomic E-state index is 0.856. The molecule has 0 saturated carbocycles. The Hall–Kier alpha value is -0.710. The molecule has 2 heterocycles. The lowest BCUT2D eigenvalue weighted by Gasteiger charge is -1.90. The lowest BCUT2D eigenvalue weighted by atomic mass is 10.3. The first-order chi connectivity index (χ1) is 6.40. The summed E-state index contributed by atoms with van der Waals surface area (Å²) in [5.41, 5.74) is 1.28. The molecule has 0 aliphatic rings. The van der Waals surface area contributed by atoms with E-state index >= 15 is 0 Å². The van der Waals surface area contributed by atoms with Gasteiger partial charge in [-0.1, -0.05) is 0 Å². The van der Waals surface area contributed by atoms with Crippen molar-refractivity contribution in [3.63, 3.8) is 0 Å². The Kier molecular flexibility index (Phi) is 2.73. The Morgan fingerprint density at radius 3 is 3.15 bits per heavy atom. The quantitative estimate of drug-likeness (QED) is 0.842. The summed E-state index contributed by atoms with van der Waals surface area (Å²) in [6.45, 7) is 0.856. The van der Waals surface area contributed by atoms with Crippen LogP contribution in [0.25, 0.3) is 10.4 Å². The van der Waals surface area contributed by atoms with Gasteiger partial charge in [0.15, 0.2) is 0 Å². The Morgan fingerprint density at radius 1 is 1.54 bits per heavy atom. The van der Waals surface area contributed by atoms with E-state index in [2.05, 4.69) is 27.1 Å². The number of hydrogen-bond acceptors (Lipinski definition) is 4. The maximum absolute atomic E-state index is 4.32. The molecule has 68 valence electrons. The van der Waals surface area contributed by atoms with Gasteiger partial charge in [-0.3, -0.25) is 0 Å². The van der Waals surface area contributed by atoms with Crippen molar-refractivity contribution < 1.29 is 0 Å². The third kappa shape index (κ3) is 1.96. The molecule has 2 nitrogen and oxygen atoms in total. The number of thiazole rings is 1. The largest absolute Gasteiger partial charge is 0.314 e. The average molecular weight is 210 g/mol. The molecule has 0 unspecified atom stereocenters. The maximum atomic E-state index is 4.32. The number of rotatable bonds is 3. The zero-order chi connectivity index (χ0) is 9.10. The third-order valence-electron chi connectivity index (χ3n) is 1.69. The molecule has 0 amide bonds. The van der Waals surface area contributed by atoms with E-state index in [9.17, 15) is 0 Å². The molecule has 0 atom stereocenters. The third-order valence-corrected chi connectivity index (χ3v) is 3.42. The number of nitrogens with zero attached hydrogens (tertiary/aromatic N) is 1. The predicted molar refractivity (Wildman–Crippen MR) is 58.2 cm³/mol. The van der Waals surface area contributed by atoms with Crippen molar-refractivity contribution >= 4 is 22.7 Å². The van der Waals surface area contributed by atoms with Gasteiger partial charge in [-0.25, -0.2) is 4.98 Å². The predicted octanol–water partition coefficient (Wildman–Crippen LogP) is 2.59. The van der Waals surface area contributed by atoms with Crippen LogP contribution in [0.3, 0.4) is 0 Å². The van der Waals surface area contributed by atoms with Crippen LogP contribution in [0.2, 0.25) is 0 Å². The van der Waals surface area contributed by atoms with Crippen molar-refractivity contribution in [3.05, 3.63) is 28.0 Å². The first-order valence-electron chi connectivity index (χ1n) is 4.02. The van der Waals surface area contributed by atoms with E-state index in [1.54, 1.807) is 22.7 Å². The number of thiophene rings is 1. The minimum Gasteiger partial charge on any atom is -0.314 e. The molecule has 1 N–H and O–H groups in total. The van der Waals surface area contributed by atoms with Crippen LogP contribution in [0.1, 0.15) is 5.01 Å². The summed E-state index contributed by atoms with van der Waals surface area (Å²) in [5, 5.41) is 8.47. The summed E-state index contributed by atoms with van der Waals surface area (Å²) in [4.78, 5) is 5.58. The van der Waals surface area contributed by atoms with Crippen LogP contribution in [0, 0.1) is 0 Å². The molecule has 2 aromatic rings. The van der Waals surface area contributed by atoms with E-state index in [0.717, 1.165) is 11.6 Å². The average Bonchev–Trinajstić information content (AvgIpc) is 2.70. The van der Waals surface area contributed by atoms with Gasteiger partial charge < -0.3 is 5.32 Å². The highest BCUT2D eigenvalue weighted by molar-refractivity contribution is 7.15. The molecule has 0 bridgehead atoms. The molecule has 4 heteroatoms. The van der Waals surface area contributed by atoms with Gasteiger partial charge in [0.1, 0.15) is 5.01 Å². The molecule has 0 fully saturated rings. The van der Waals surface area contributed by atoms with Crippen LogP contribution in [-0.4, -0.2) is 12.0 Å². The zero-order valence-electron chi connectivity index (χ0n) is 7.28. The highest BCUT2D eigenvalue weighted by atomic mass is 32.1. The molecule has 0 saturated heterocycles. The van der Waals surface area contributed by atoms with E-state index in [0.29, 0.717) is 0 Å². The smallest absolute Gasteiger partial charge is 0.107 e. The second kappa shape index (κ2) is 4.00. The SMILES string of the molecule is CNCc1ncc(-c2ccsc2)s1. The van der Waals surface area contributed by atoms with Crippen molar-refractivity contribution in [2.24, 2.45) is 0 Å². The molecule has 0 aliphatic carbocycles. The van der Waals surface area contributed by atoms with Crippen LogP contribution in [0.5, 0.6) is 0 Å². The fourth-order valence-corrected chi connectivity index (χ4v) is 2.74. The van der Waals surface area contributed by atoms with Gasteiger partial charge in [0.25, 0.3) is 0 Å². The van der Waals surface area contributed by atoms with Gasteiger partial charge in [0.05, 0.1) is 4.88 Å². The Bertz CT molecular complexity index is 365. The summed E-state index contributed by atoms with van der Waals surface area (Å²) in [5.74, 6) is 0. The standard InChI is InChI=1S/C9H10N2S2/c1-10-5-9-11-4-8(13-9)7-2-3-12-6-7/h2-4,6,10H,5H2,1H3. The Labute approximate surface area is 85.3 Å². The summed E-state index contributed by atoms with van der Waals surface area (Å²) < 4.78 is 0. The molecule has 2 rings (SSSR count). The van der Waals surface area contributed by atoms with E-state index in [1.165, 1.54) is 10.4 Å². The molecule has 0 spiro atoms. The number of nitrogens with one attached hydrogen (secondary N) is 1. The van der Waals surface area contributed by atoms with E-state index < -0.39 is 0 Å². The summed E-state index contributed by atoms with van der Waals surface area (Å²) in [7, 11) is 1.94. The highest BCUT2D eigenvalue weighted by Crippen LogP contribution is 2.27. The van der Waals surface area contributed by atoms with Crippen LogP contribution in [-0.2, 0) is 6.54 Å². The zero-order valence-corrected chi connectivity index (χ0v) is 8.91. The van der Waals surface area contributed by atoms with Crippen molar-refractivity contribution in [2.75, 3.05) is 7.05 Å². The summed E-state index contributed by atoms with van der Waals surface area (Å²) in [6.07, 6.45) is 1.94. The van der Waals surface area contributed by atoms with Crippen LogP contribution < -0.4 is 5.32 Å². The van der Waals surface area contributed by atoms with Crippen molar-refractivity contribution in [3.8, 4) is 10.4 Å². The molecule has 0 aromatic carbocycles. The van der Waals surface area contributed by atoms with E-state index in [1.807, 2.05) is 13.2 Å². The molecule has 0 aliphatic heterocycles. The normalized spacial score (nSPS) is 10.5. The minimum absolute atomic E-state index is 0.856. The van der Waals surface area contributed by atoms with Crippen molar-refractivity contribution in [2.45, 2.75) is 6.54 Å². The van der Waals surface area contributed by atoms with Gasteiger partial charge >= 0.3 is 0 Å². The lowest BCUT2D eigenvalue weighted by molar-refractivity contribution is 0.810. The molecular weight excluding hydrogens is 200 g/mol. The fraction of sp³-hybridized carbons (Fsp3) is 0.222. The topological polar surface area (TPSA) is 24.9 Å². The lowest BCUT2D eigenvalue weighted by Crippen LogP contribution is -2.03. The van der Waals surface area contributed by atoms with Gasteiger partial charge in [-0.05, 0) is 23.9 Å². The molecular formula is C9H10N2S2. The number of aromatic nitrogens is 1. The maximum Gasteiger partial charge on any atom is 0.107 e.